The van der Waals surface area contributed by atoms with Crippen LogP contribution in [0.15, 0.2) is 48.5 Å². The van der Waals surface area contributed by atoms with Crippen LogP contribution < -0.4 is 11.1 Å². The predicted molar refractivity (Wildman–Crippen MR) is 139 cm³/mol. The van der Waals surface area contributed by atoms with E-state index >= 15 is 0 Å². The Balaban J connectivity index is 1.30. The van der Waals surface area contributed by atoms with E-state index in [1.54, 1.807) is 4.90 Å². The van der Waals surface area contributed by atoms with Crippen LogP contribution in [-0.4, -0.2) is 52.8 Å². The molecule has 2 saturated heterocycles. The topological polar surface area (TPSA) is 111 Å². The Morgan fingerprint density at radius 3 is 2.03 bits per heavy atom. The molecule has 2 fully saturated rings. The van der Waals surface area contributed by atoms with E-state index in [9.17, 15) is 14.4 Å². The van der Waals surface area contributed by atoms with Gasteiger partial charge >= 0.3 is 12.2 Å². The summed E-state index contributed by atoms with van der Waals surface area (Å²) in [5.74, 6) is -0.696. The summed E-state index contributed by atoms with van der Waals surface area (Å²) in [5, 5.41) is 2.83. The van der Waals surface area contributed by atoms with E-state index in [0.717, 1.165) is 41.5 Å². The van der Waals surface area contributed by atoms with Crippen LogP contribution in [-0.2, 0) is 14.3 Å². The quantitative estimate of drug-likeness (QED) is 0.626. The Morgan fingerprint density at radius 1 is 0.973 bits per heavy atom. The number of ether oxygens (including phenoxy) is 2. The first-order valence-corrected chi connectivity index (χ1v) is 13.0. The molecule has 5 rings (SSSR count). The summed E-state index contributed by atoms with van der Waals surface area (Å²) in [6.07, 6.45) is 1.79. The molecule has 2 aromatic rings. The summed E-state index contributed by atoms with van der Waals surface area (Å²) in [4.78, 5) is 40.5. The number of nitrogens with two attached hydrogens (primary N) is 1. The van der Waals surface area contributed by atoms with Crippen LogP contribution in [0.2, 0.25) is 0 Å². The molecule has 0 radical (unpaired) electrons. The molecule has 0 saturated carbocycles. The van der Waals surface area contributed by atoms with Gasteiger partial charge < -0.3 is 25.4 Å². The maximum absolute atomic E-state index is 13.1. The second-order valence-electron chi connectivity index (χ2n) is 11.4. The van der Waals surface area contributed by atoms with E-state index in [1.165, 1.54) is 0 Å². The number of nitrogens with one attached hydrogen (secondary N) is 1. The van der Waals surface area contributed by atoms with Crippen molar-refractivity contribution in [2.75, 3.05) is 6.61 Å². The van der Waals surface area contributed by atoms with Crippen molar-refractivity contribution in [1.29, 1.82) is 0 Å². The predicted octanol–water partition coefficient (Wildman–Crippen LogP) is 4.70. The zero-order valence-corrected chi connectivity index (χ0v) is 21.7. The van der Waals surface area contributed by atoms with Crippen LogP contribution in [0.3, 0.4) is 0 Å². The summed E-state index contributed by atoms with van der Waals surface area (Å²) in [5.41, 5.74) is 8.48. The fraction of sp³-hybridized carbons (Fsp3) is 0.483. The molecule has 3 aliphatic rings. The van der Waals surface area contributed by atoms with E-state index in [2.05, 4.69) is 29.6 Å². The molecule has 2 heterocycles. The largest absolute Gasteiger partial charge is 0.449 e. The standard InChI is InChI=1S/C29H35N3O5/c1-28(2,3)37-27(35)32-18-9-8-10-19(32)16-29(15-18,25(30)33)31-26(34)36-17-24-22-13-6-4-11-20(22)21-12-5-7-14-23(21)24/h4-7,11-14,18-19,24H,8-10,15-17H2,1-3H3,(H2,30,33)(H,31,34). The van der Waals surface area contributed by atoms with Gasteiger partial charge in [-0.1, -0.05) is 48.5 Å². The average molecular weight is 506 g/mol. The highest BCUT2D eigenvalue weighted by molar-refractivity contribution is 5.89. The van der Waals surface area contributed by atoms with Gasteiger partial charge in [0.05, 0.1) is 0 Å². The summed E-state index contributed by atoms with van der Waals surface area (Å²) in [6.45, 7) is 5.64. The third kappa shape index (κ3) is 4.77. The molecule has 3 N–H and O–H groups in total. The number of hydrogen-bond donors (Lipinski definition) is 2. The monoisotopic (exact) mass is 505 g/mol. The van der Waals surface area contributed by atoms with Crippen molar-refractivity contribution in [3.05, 3.63) is 59.7 Å². The molecule has 0 spiro atoms. The lowest BCUT2D eigenvalue weighted by molar-refractivity contribution is -0.129. The summed E-state index contributed by atoms with van der Waals surface area (Å²) < 4.78 is 11.4. The average Bonchev–Trinajstić information content (AvgIpc) is 3.14. The molecule has 8 nitrogen and oxygen atoms in total. The van der Waals surface area contributed by atoms with Gasteiger partial charge in [-0.2, -0.15) is 0 Å². The van der Waals surface area contributed by atoms with Gasteiger partial charge in [0.15, 0.2) is 0 Å². The van der Waals surface area contributed by atoms with Crippen LogP contribution >= 0.6 is 0 Å². The lowest BCUT2D eigenvalue weighted by Crippen LogP contribution is -2.69. The Morgan fingerprint density at radius 2 is 1.51 bits per heavy atom. The number of hydrogen-bond acceptors (Lipinski definition) is 5. The van der Waals surface area contributed by atoms with Crippen LogP contribution in [0, 0.1) is 0 Å². The number of fused-ring (bicyclic) bond motifs is 5. The number of amides is 3. The van der Waals surface area contributed by atoms with Gasteiger partial charge in [0.25, 0.3) is 0 Å². The molecule has 0 aromatic heterocycles. The van der Waals surface area contributed by atoms with E-state index < -0.39 is 23.1 Å². The van der Waals surface area contributed by atoms with Crippen molar-refractivity contribution in [2.24, 2.45) is 5.73 Å². The lowest BCUT2D eigenvalue weighted by atomic mass is 9.73. The van der Waals surface area contributed by atoms with Crippen molar-refractivity contribution in [3.63, 3.8) is 0 Å². The Bertz CT molecular complexity index is 1160. The van der Waals surface area contributed by atoms with E-state index in [0.29, 0.717) is 0 Å². The van der Waals surface area contributed by atoms with Crippen LogP contribution in [0.1, 0.15) is 69.9 Å². The smallest absolute Gasteiger partial charge is 0.410 e. The SMILES string of the molecule is CC(C)(C)OC(=O)N1C2CCCC1CC(NC(=O)OCC1c3ccccc3-c3ccccc31)(C(N)=O)C2. The maximum Gasteiger partial charge on any atom is 0.410 e. The van der Waals surface area contributed by atoms with Crippen molar-refractivity contribution in [1.82, 2.24) is 10.2 Å². The number of rotatable bonds is 4. The number of alkyl carbamates (subject to hydrolysis) is 1. The van der Waals surface area contributed by atoms with Crippen molar-refractivity contribution < 1.29 is 23.9 Å². The minimum atomic E-state index is -1.28. The van der Waals surface area contributed by atoms with Gasteiger partial charge in [-0.15, -0.1) is 0 Å². The van der Waals surface area contributed by atoms with Gasteiger partial charge in [0, 0.05) is 30.8 Å². The third-order valence-corrected chi connectivity index (χ3v) is 7.79. The van der Waals surface area contributed by atoms with E-state index in [-0.39, 0.29) is 43.5 Å². The molecule has 2 atom stereocenters. The molecule has 3 amide bonds. The van der Waals surface area contributed by atoms with Crippen LogP contribution in [0.5, 0.6) is 0 Å². The highest BCUT2D eigenvalue weighted by atomic mass is 16.6. The van der Waals surface area contributed by atoms with E-state index in [1.807, 2.05) is 45.0 Å². The second-order valence-corrected chi connectivity index (χ2v) is 11.4. The van der Waals surface area contributed by atoms with Crippen molar-refractivity contribution in [3.8, 4) is 11.1 Å². The molecule has 2 aliphatic heterocycles. The number of nitrogens with zero attached hydrogens (tertiary/aromatic N) is 1. The van der Waals surface area contributed by atoms with Crippen LogP contribution in [0.4, 0.5) is 9.59 Å². The molecule has 2 aromatic carbocycles. The molecule has 37 heavy (non-hydrogen) atoms. The molecule has 1 aliphatic carbocycles. The van der Waals surface area contributed by atoms with Crippen molar-refractivity contribution >= 4 is 18.1 Å². The third-order valence-electron chi connectivity index (χ3n) is 7.79. The minimum Gasteiger partial charge on any atom is -0.449 e. The normalized spacial score (nSPS) is 24.6. The minimum absolute atomic E-state index is 0.0870. The van der Waals surface area contributed by atoms with Gasteiger partial charge in [0.1, 0.15) is 17.7 Å². The lowest BCUT2D eigenvalue weighted by Gasteiger charge is -2.52. The van der Waals surface area contributed by atoms with E-state index in [4.69, 9.17) is 15.2 Å². The summed E-state index contributed by atoms with van der Waals surface area (Å²) >= 11 is 0. The highest BCUT2D eigenvalue weighted by Gasteiger charge is 2.53. The van der Waals surface area contributed by atoms with Crippen LogP contribution in [0.25, 0.3) is 11.1 Å². The van der Waals surface area contributed by atoms with Gasteiger partial charge in [-0.3, -0.25) is 4.79 Å². The number of carbonyl (C=O) groups excluding carboxylic acids is 3. The molecular weight excluding hydrogens is 470 g/mol. The molecular formula is C29H35N3O5. The molecule has 2 bridgehead atoms. The number of benzene rings is 2. The second kappa shape index (κ2) is 9.39. The maximum atomic E-state index is 13.1. The van der Waals surface area contributed by atoms with Gasteiger partial charge in [0.2, 0.25) is 5.91 Å². The van der Waals surface area contributed by atoms with Gasteiger partial charge in [-0.25, -0.2) is 9.59 Å². The Labute approximate surface area is 217 Å². The first-order chi connectivity index (χ1) is 17.6. The zero-order chi connectivity index (χ0) is 26.4. The zero-order valence-electron chi connectivity index (χ0n) is 21.7. The van der Waals surface area contributed by atoms with Gasteiger partial charge in [-0.05, 0) is 62.3 Å². The number of piperidine rings is 2. The number of primary amides is 1. The fourth-order valence-electron chi connectivity index (χ4n) is 6.26. The first-order valence-electron chi connectivity index (χ1n) is 13.0. The summed E-state index contributed by atoms with van der Waals surface area (Å²) in [6, 6.07) is 15.7. The first kappa shape index (κ1) is 25.1. The molecule has 8 heteroatoms. The molecule has 196 valence electrons. The molecule has 2 unspecified atom stereocenters. The number of carbonyl (C=O) groups is 3. The van der Waals surface area contributed by atoms with Crippen molar-refractivity contribution in [2.45, 2.75) is 82.0 Å². The Kier molecular flexibility index (Phi) is 6.38. The Hall–Kier alpha value is -3.55. The summed E-state index contributed by atoms with van der Waals surface area (Å²) in [7, 11) is 0. The fourth-order valence-corrected chi connectivity index (χ4v) is 6.26. The highest BCUT2D eigenvalue weighted by Crippen LogP contribution is 2.45.